The molecule has 5 rings (SSSR count). The molecule has 0 saturated heterocycles. The minimum atomic E-state index is -3.73. The van der Waals surface area contributed by atoms with Crippen LogP contribution in [0, 0.1) is 6.92 Å². The number of alkyl halides is 2. The van der Waals surface area contributed by atoms with Gasteiger partial charge in [-0.2, -0.15) is 0 Å². The Morgan fingerprint density at radius 1 is 0.894 bits per heavy atom. The van der Waals surface area contributed by atoms with Crippen LogP contribution in [0.4, 0.5) is 19.4 Å². The quantitative estimate of drug-likeness (QED) is 0.183. The number of nitrogens with zero attached hydrogens (tertiary/aromatic N) is 1. The van der Waals surface area contributed by atoms with Crippen molar-refractivity contribution < 1.29 is 37.4 Å². The first-order valence-electron chi connectivity index (χ1n) is 15.8. The van der Waals surface area contributed by atoms with Crippen LogP contribution in [-0.2, 0) is 14.9 Å². The summed E-state index contributed by atoms with van der Waals surface area (Å²) < 4.78 is 41.3. The summed E-state index contributed by atoms with van der Waals surface area (Å²) in [6, 6.07) is 15.1. The highest BCUT2D eigenvalue weighted by Crippen LogP contribution is 2.52. The van der Waals surface area contributed by atoms with Gasteiger partial charge in [-0.05, 0) is 94.8 Å². The molecule has 1 aliphatic heterocycles. The first-order valence-corrected chi connectivity index (χ1v) is 15.8. The molecule has 0 spiro atoms. The molecule has 47 heavy (non-hydrogen) atoms. The molecule has 3 aromatic rings. The normalized spacial score (nSPS) is 15.4. The lowest BCUT2D eigenvalue weighted by atomic mass is 9.94. The van der Waals surface area contributed by atoms with E-state index >= 15 is 0 Å². The molecule has 0 unspecified atom stereocenters. The van der Waals surface area contributed by atoms with E-state index < -0.39 is 23.4 Å². The molecule has 0 radical (unpaired) electrons. The zero-order valence-corrected chi connectivity index (χ0v) is 27.0. The minimum Gasteiger partial charge on any atom is -0.444 e. The first-order chi connectivity index (χ1) is 22.2. The largest absolute Gasteiger partial charge is 0.586 e. The fraction of sp³-hybridized carbons (Fsp3) is 0.429. The molecule has 12 heteroatoms. The maximum Gasteiger partial charge on any atom is 0.586 e. The van der Waals surface area contributed by atoms with E-state index in [4.69, 9.17) is 9.72 Å². The maximum absolute atomic E-state index is 13.5. The summed E-state index contributed by atoms with van der Waals surface area (Å²) in [7, 11) is 0. The number of amides is 3. The van der Waals surface area contributed by atoms with Crippen LogP contribution in [0.15, 0.2) is 54.6 Å². The molecule has 250 valence electrons. The van der Waals surface area contributed by atoms with Crippen LogP contribution in [0.1, 0.15) is 80.8 Å². The second-order valence-electron chi connectivity index (χ2n) is 12.9. The Bertz CT molecular complexity index is 1650. The topological polar surface area (TPSA) is 128 Å². The summed E-state index contributed by atoms with van der Waals surface area (Å²) in [5.41, 5.74) is 1.86. The van der Waals surface area contributed by atoms with E-state index in [2.05, 4.69) is 25.4 Å². The second kappa shape index (κ2) is 13.5. The highest BCUT2D eigenvalue weighted by molar-refractivity contribution is 6.01. The van der Waals surface area contributed by atoms with E-state index in [-0.39, 0.29) is 23.3 Å². The molecule has 2 aromatic carbocycles. The number of nitrogens with one attached hydrogen (secondary N) is 3. The molecule has 1 saturated carbocycles. The van der Waals surface area contributed by atoms with Crippen molar-refractivity contribution in [1.82, 2.24) is 15.6 Å². The molecule has 3 N–H and O–H groups in total. The number of hydrogen-bond acceptors (Lipinski definition) is 7. The first kappa shape index (κ1) is 33.6. The van der Waals surface area contributed by atoms with Gasteiger partial charge in [-0.3, -0.25) is 9.59 Å². The number of unbranched alkanes of at least 4 members (excludes halogenated alkanes) is 3. The van der Waals surface area contributed by atoms with Crippen LogP contribution in [0.2, 0.25) is 0 Å². The van der Waals surface area contributed by atoms with E-state index in [1.807, 2.05) is 39.8 Å². The molecule has 1 aliphatic carbocycles. The Morgan fingerprint density at radius 2 is 1.60 bits per heavy atom. The van der Waals surface area contributed by atoms with Gasteiger partial charge in [0, 0.05) is 24.2 Å². The van der Waals surface area contributed by atoms with Crippen molar-refractivity contribution in [3.05, 3.63) is 71.3 Å². The number of aryl methyl sites for hydroxylation is 1. The van der Waals surface area contributed by atoms with Crippen LogP contribution in [0.5, 0.6) is 11.5 Å². The lowest BCUT2D eigenvalue weighted by Crippen LogP contribution is -2.33. The van der Waals surface area contributed by atoms with Gasteiger partial charge in [-0.1, -0.05) is 37.1 Å². The van der Waals surface area contributed by atoms with E-state index in [0.717, 1.165) is 36.8 Å². The van der Waals surface area contributed by atoms with E-state index in [0.29, 0.717) is 48.6 Å². The standard InChI is InChI=1S/C35H40F2N4O6/c1-22-12-15-28(41-31(43)34(16-17-34)25-13-14-26-27(21-25)46-35(36,37)45-26)40-29(22)23-10-9-11-24(20-23)30(42)38-18-7-5-6-8-19-39-32(44)47-33(2,3)4/h9-15,20-21H,5-8,16-19H2,1-4H3,(H,38,42)(H,39,44)(H,40,41,43). The molecule has 3 amide bonds. The van der Waals surface area contributed by atoms with Crippen molar-refractivity contribution in [2.24, 2.45) is 0 Å². The summed E-state index contributed by atoms with van der Waals surface area (Å²) in [5.74, 6) is -0.325. The van der Waals surface area contributed by atoms with Crippen molar-refractivity contribution in [2.75, 3.05) is 18.4 Å². The molecule has 2 aliphatic rings. The van der Waals surface area contributed by atoms with Gasteiger partial charge in [-0.25, -0.2) is 9.78 Å². The van der Waals surface area contributed by atoms with Gasteiger partial charge in [0.2, 0.25) is 5.91 Å². The highest BCUT2D eigenvalue weighted by Gasteiger charge is 2.53. The Hall–Kier alpha value is -4.74. The number of benzene rings is 2. The average Bonchev–Trinajstić information content (AvgIpc) is 3.75. The predicted molar refractivity (Wildman–Crippen MR) is 172 cm³/mol. The number of aromatic nitrogens is 1. The fourth-order valence-corrected chi connectivity index (χ4v) is 5.36. The molecular formula is C35H40F2N4O6. The molecule has 1 aromatic heterocycles. The summed E-state index contributed by atoms with van der Waals surface area (Å²) in [4.78, 5) is 42.7. The number of carbonyl (C=O) groups is 3. The Balaban J connectivity index is 1.13. The zero-order valence-electron chi connectivity index (χ0n) is 27.0. The third-order valence-corrected chi connectivity index (χ3v) is 7.93. The second-order valence-corrected chi connectivity index (χ2v) is 12.9. The predicted octanol–water partition coefficient (Wildman–Crippen LogP) is 6.86. The lowest BCUT2D eigenvalue weighted by molar-refractivity contribution is -0.286. The number of alkyl carbamates (subject to hydrolysis) is 1. The number of anilines is 1. The van der Waals surface area contributed by atoms with Gasteiger partial charge < -0.3 is 30.2 Å². The van der Waals surface area contributed by atoms with Crippen molar-refractivity contribution in [1.29, 1.82) is 0 Å². The summed E-state index contributed by atoms with van der Waals surface area (Å²) in [6.07, 6.45) is 0.399. The lowest BCUT2D eigenvalue weighted by Gasteiger charge is -2.19. The molecule has 2 heterocycles. The molecular weight excluding hydrogens is 610 g/mol. The molecule has 10 nitrogen and oxygen atoms in total. The summed E-state index contributed by atoms with van der Waals surface area (Å²) in [5, 5.41) is 8.60. The van der Waals surface area contributed by atoms with Crippen LogP contribution >= 0.6 is 0 Å². The zero-order chi connectivity index (χ0) is 33.8. The third-order valence-electron chi connectivity index (χ3n) is 7.93. The Labute approximate surface area is 272 Å². The van der Waals surface area contributed by atoms with Gasteiger partial charge in [0.25, 0.3) is 5.91 Å². The van der Waals surface area contributed by atoms with Crippen LogP contribution in [-0.4, -0.2) is 47.9 Å². The number of pyridine rings is 1. The molecule has 1 fully saturated rings. The minimum absolute atomic E-state index is 0.0720. The summed E-state index contributed by atoms with van der Waals surface area (Å²) >= 11 is 0. The van der Waals surface area contributed by atoms with E-state index in [1.165, 1.54) is 12.1 Å². The highest BCUT2D eigenvalue weighted by atomic mass is 19.3. The monoisotopic (exact) mass is 650 g/mol. The van der Waals surface area contributed by atoms with Crippen molar-refractivity contribution >= 4 is 23.7 Å². The fourth-order valence-electron chi connectivity index (χ4n) is 5.36. The van der Waals surface area contributed by atoms with E-state index in [1.54, 1.807) is 30.3 Å². The number of ether oxygens (including phenoxy) is 3. The van der Waals surface area contributed by atoms with Gasteiger partial charge >= 0.3 is 12.4 Å². The maximum atomic E-state index is 13.5. The number of rotatable bonds is 12. The SMILES string of the molecule is Cc1ccc(NC(=O)C2(c3ccc4c(c3)OC(F)(F)O4)CC2)nc1-c1cccc(C(=O)NCCCCCCNC(=O)OC(C)(C)C)c1. The number of halogens is 2. The van der Waals surface area contributed by atoms with Gasteiger partial charge in [0.1, 0.15) is 11.4 Å². The number of fused-ring (bicyclic) bond motifs is 1. The van der Waals surface area contributed by atoms with Crippen LogP contribution < -0.4 is 25.4 Å². The van der Waals surface area contributed by atoms with E-state index in [9.17, 15) is 23.2 Å². The van der Waals surface area contributed by atoms with Gasteiger partial charge in [-0.15, -0.1) is 8.78 Å². The number of hydrogen-bond donors (Lipinski definition) is 3. The number of carbonyl (C=O) groups excluding carboxylic acids is 3. The van der Waals surface area contributed by atoms with Gasteiger partial charge in [0.05, 0.1) is 11.1 Å². The van der Waals surface area contributed by atoms with Crippen molar-refractivity contribution in [3.8, 4) is 22.8 Å². The summed E-state index contributed by atoms with van der Waals surface area (Å²) in [6.45, 7) is 8.42. The average molecular weight is 651 g/mol. The van der Waals surface area contributed by atoms with Crippen molar-refractivity contribution in [2.45, 2.75) is 83.5 Å². The Kier molecular flexibility index (Phi) is 9.69. The molecule has 0 bridgehead atoms. The van der Waals surface area contributed by atoms with Gasteiger partial charge in [0.15, 0.2) is 11.5 Å². The smallest absolute Gasteiger partial charge is 0.444 e. The van der Waals surface area contributed by atoms with Crippen molar-refractivity contribution in [3.63, 3.8) is 0 Å². The Morgan fingerprint density at radius 3 is 2.30 bits per heavy atom. The molecule has 0 atom stereocenters. The van der Waals surface area contributed by atoms with Crippen LogP contribution in [0.25, 0.3) is 11.3 Å². The van der Waals surface area contributed by atoms with Crippen LogP contribution in [0.3, 0.4) is 0 Å². The third kappa shape index (κ3) is 8.55.